The van der Waals surface area contributed by atoms with E-state index in [1.165, 1.54) is 18.2 Å². The van der Waals surface area contributed by atoms with E-state index >= 15 is 0 Å². The van der Waals surface area contributed by atoms with Crippen molar-refractivity contribution >= 4 is 11.9 Å². The standard InChI is InChI=1S/C21H22FN5O2/c1-13-10-19(28)26-21(24-13)27-8-6-17(7-9-27)25-20(29)18-11-15(12-23-18)14-2-4-16(22)5-3-14/h2-5,10-12,17,23H,6-9H2,1H3,(H,25,29)(H,24,26,28). The third kappa shape index (κ3) is 4.37. The van der Waals surface area contributed by atoms with Gasteiger partial charge in [0.1, 0.15) is 11.5 Å². The average Bonchev–Trinajstić information content (AvgIpc) is 3.19. The second-order valence-electron chi connectivity index (χ2n) is 7.25. The monoisotopic (exact) mass is 395 g/mol. The number of benzene rings is 1. The fourth-order valence-corrected chi connectivity index (χ4v) is 3.55. The molecule has 0 unspecified atom stereocenters. The van der Waals surface area contributed by atoms with E-state index in [-0.39, 0.29) is 23.3 Å². The topological polar surface area (TPSA) is 93.9 Å². The lowest BCUT2D eigenvalue weighted by Crippen LogP contribution is -2.45. The SMILES string of the molecule is Cc1cc(=O)[nH]c(N2CCC(NC(=O)c3cc(-c4ccc(F)cc4)c[nH]3)CC2)n1. The van der Waals surface area contributed by atoms with Crippen LogP contribution in [-0.2, 0) is 0 Å². The summed E-state index contributed by atoms with van der Waals surface area (Å²) in [5.74, 6) is 0.116. The summed E-state index contributed by atoms with van der Waals surface area (Å²) in [4.78, 5) is 36.4. The number of carbonyl (C=O) groups excluding carboxylic acids is 1. The molecule has 1 aromatic carbocycles. The smallest absolute Gasteiger partial charge is 0.267 e. The number of carbonyl (C=O) groups is 1. The van der Waals surface area contributed by atoms with Crippen molar-refractivity contribution < 1.29 is 9.18 Å². The van der Waals surface area contributed by atoms with E-state index in [2.05, 4.69) is 20.3 Å². The molecule has 1 aliphatic heterocycles. The highest BCUT2D eigenvalue weighted by atomic mass is 19.1. The van der Waals surface area contributed by atoms with Gasteiger partial charge in [0, 0.05) is 37.1 Å². The summed E-state index contributed by atoms with van der Waals surface area (Å²) >= 11 is 0. The lowest BCUT2D eigenvalue weighted by molar-refractivity contribution is 0.0926. The van der Waals surface area contributed by atoms with Crippen LogP contribution in [0.25, 0.3) is 11.1 Å². The first-order valence-corrected chi connectivity index (χ1v) is 9.56. The molecule has 3 aromatic rings. The highest BCUT2D eigenvalue weighted by molar-refractivity contribution is 5.94. The van der Waals surface area contributed by atoms with Crippen molar-refractivity contribution in [3.05, 3.63) is 70.2 Å². The molecule has 8 heteroatoms. The number of H-pyrrole nitrogens is 2. The van der Waals surface area contributed by atoms with Crippen LogP contribution in [0.1, 0.15) is 29.0 Å². The first-order chi connectivity index (χ1) is 14.0. The van der Waals surface area contributed by atoms with Crippen LogP contribution < -0.4 is 15.8 Å². The third-order valence-electron chi connectivity index (χ3n) is 5.09. The van der Waals surface area contributed by atoms with Crippen molar-refractivity contribution in [2.24, 2.45) is 0 Å². The van der Waals surface area contributed by atoms with E-state index in [1.54, 1.807) is 31.3 Å². The van der Waals surface area contributed by atoms with Gasteiger partial charge in [-0.2, -0.15) is 0 Å². The second-order valence-corrected chi connectivity index (χ2v) is 7.25. The molecule has 2 aromatic heterocycles. The Morgan fingerprint density at radius 2 is 1.90 bits per heavy atom. The van der Waals surface area contributed by atoms with Gasteiger partial charge in [0.05, 0.1) is 0 Å². The normalized spacial score (nSPS) is 14.8. The fraction of sp³-hybridized carbons (Fsp3) is 0.286. The van der Waals surface area contributed by atoms with Crippen molar-refractivity contribution in [3.8, 4) is 11.1 Å². The number of halogens is 1. The van der Waals surface area contributed by atoms with E-state index < -0.39 is 0 Å². The number of aromatic nitrogens is 3. The highest BCUT2D eigenvalue weighted by Crippen LogP contribution is 2.21. The number of nitrogens with zero attached hydrogens (tertiary/aromatic N) is 2. The maximum absolute atomic E-state index is 13.1. The van der Waals surface area contributed by atoms with Gasteiger partial charge in [0.2, 0.25) is 5.95 Å². The molecule has 1 fully saturated rings. The van der Waals surface area contributed by atoms with Gasteiger partial charge in [-0.3, -0.25) is 14.6 Å². The number of rotatable bonds is 4. The fourth-order valence-electron chi connectivity index (χ4n) is 3.55. The van der Waals surface area contributed by atoms with Crippen LogP contribution in [0.2, 0.25) is 0 Å². The zero-order chi connectivity index (χ0) is 20.4. The number of aryl methyl sites for hydroxylation is 1. The van der Waals surface area contributed by atoms with Crippen molar-refractivity contribution in [3.63, 3.8) is 0 Å². The van der Waals surface area contributed by atoms with Crippen LogP contribution in [0, 0.1) is 12.7 Å². The first-order valence-electron chi connectivity index (χ1n) is 9.56. The predicted molar refractivity (Wildman–Crippen MR) is 108 cm³/mol. The molecule has 0 saturated carbocycles. The van der Waals surface area contributed by atoms with Gasteiger partial charge in [-0.25, -0.2) is 9.37 Å². The molecule has 0 radical (unpaired) electrons. The Hall–Kier alpha value is -3.42. The Morgan fingerprint density at radius 1 is 1.17 bits per heavy atom. The van der Waals surface area contributed by atoms with Gasteiger partial charge in [-0.05, 0) is 49.1 Å². The van der Waals surface area contributed by atoms with E-state index in [1.807, 2.05) is 4.90 Å². The van der Waals surface area contributed by atoms with Gasteiger partial charge in [0.15, 0.2) is 0 Å². The second kappa shape index (κ2) is 7.90. The molecular formula is C21H22FN5O2. The van der Waals surface area contributed by atoms with Crippen molar-refractivity contribution in [2.75, 3.05) is 18.0 Å². The molecule has 4 rings (SSSR count). The number of aromatic amines is 2. The maximum Gasteiger partial charge on any atom is 0.267 e. The number of piperidine rings is 1. The van der Waals surface area contributed by atoms with Gasteiger partial charge >= 0.3 is 0 Å². The molecule has 29 heavy (non-hydrogen) atoms. The molecule has 1 amide bonds. The minimum Gasteiger partial charge on any atom is -0.357 e. The predicted octanol–water partition coefficient (Wildman–Crippen LogP) is 2.61. The molecule has 0 bridgehead atoms. The zero-order valence-corrected chi connectivity index (χ0v) is 16.0. The quantitative estimate of drug-likeness (QED) is 0.633. The maximum atomic E-state index is 13.1. The summed E-state index contributed by atoms with van der Waals surface area (Å²) in [7, 11) is 0. The number of amides is 1. The van der Waals surface area contributed by atoms with Crippen LogP contribution in [-0.4, -0.2) is 40.0 Å². The Morgan fingerprint density at radius 3 is 2.59 bits per heavy atom. The van der Waals surface area contributed by atoms with Crippen LogP contribution in [0.3, 0.4) is 0 Å². The summed E-state index contributed by atoms with van der Waals surface area (Å²) in [6.07, 6.45) is 3.26. The Labute approximate surface area is 167 Å². The lowest BCUT2D eigenvalue weighted by Gasteiger charge is -2.32. The summed E-state index contributed by atoms with van der Waals surface area (Å²) in [5.41, 5.74) is 2.67. The highest BCUT2D eigenvalue weighted by Gasteiger charge is 2.23. The van der Waals surface area contributed by atoms with Gasteiger partial charge in [-0.15, -0.1) is 0 Å². The van der Waals surface area contributed by atoms with Crippen LogP contribution in [0.15, 0.2) is 47.4 Å². The Bertz CT molecular complexity index is 1070. The number of hydrogen-bond donors (Lipinski definition) is 3. The third-order valence-corrected chi connectivity index (χ3v) is 5.09. The number of anilines is 1. The van der Waals surface area contributed by atoms with E-state index in [9.17, 15) is 14.0 Å². The minimum atomic E-state index is -0.293. The molecule has 0 aliphatic carbocycles. The van der Waals surface area contributed by atoms with Crippen LogP contribution in [0.5, 0.6) is 0 Å². The first kappa shape index (κ1) is 18.9. The van der Waals surface area contributed by atoms with Gasteiger partial charge in [0.25, 0.3) is 11.5 Å². The lowest BCUT2D eigenvalue weighted by atomic mass is 10.0. The van der Waals surface area contributed by atoms with Crippen LogP contribution in [0.4, 0.5) is 10.3 Å². The summed E-state index contributed by atoms with van der Waals surface area (Å²) < 4.78 is 13.1. The molecule has 0 atom stereocenters. The molecule has 3 heterocycles. The van der Waals surface area contributed by atoms with E-state index in [0.29, 0.717) is 30.4 Å². The van der Waals surface area contributed by atoms with Crippen LogP contribution >= 0.6 is 0 Å². The largest absolute Gasteiger partial charge is 0.357 e. The summed E-state index contributed by atoms with van der Waals surface area (Å²) in [5, 5.41) is 3.05. The van der Waals surface area contributed by atoms with Crippen molar-refractivity contribution in [1.82, 2.24) is 20.3 Å². The van der Waals surface area contributed by atoms with Gasteiger partial charge < -0.3 is 15.2 Å². The van der Waals surface area contributed by atoms with E-state index in [4.69, 9.17) is 0 Å². The zero-order valence-electron chi connectivity index (χ0n) is 16.0. The summed E-state index contributed by atoms with van der Waals surface area (Å²) in [6, 6.07) is 9.43. The molecule has 0 spiro atoms. The number of hydrogen-bond acceptors (Lipinski definition) is 4. The minimum absolute atomic E-state index is 0.0489. The molecule has 3 N–H and O–H groups in total. The number of nitrogens with one attached hydrogen (secondary N) is 3. The van der Waals surface area contributed by atoms with Crippen molar-refractivity contribution in [2.45, 2.75) is 25.8 Å². The Balaban J connectivity index is 1.35. The Kier molecular flexibility index (Phi) is 5.16. The molecule has 1 aliphatic rings. The molecule has 7 nitrogen and oxygen atoms in total. The summed E-state index contributed by atoms with van der Waals surface area (Å²) in [6.45, 7) is 3.19. The average molecular weight is 395 g/mol. The van der Waals surface area contributed by atoms with E-state index in [0.717, 1.165) is 24.0 Å². The molecule has 150 valence electrons. The molecule has 1 saturated heterocycles. The molecular weight excluding hydrogens is 373 g/mol. The van der Waals surface area contributed by atoms with Crippen molar-refractivity contribution in [1.29, 1.82) is 0 Å². The van der Waals surface area contributed by atoms with Gasteiger partial charge in [-0.1, -0.05) is 12.1 Å².